The Kier molecular flexibility index (Phi) is 2.10. The summed E-state index contributed by atoms with van der Waals surface area (Å²) in [5.74, 6) is 0.572. The van der Waals surface area contributed by atoms with Crippen molar-refractivity contribution in [1.29, 1.82) is 0 Å². The molecule has 0 aliphatic carbocycles. The van der Waals surface area contributed by atoms with Gasteiger partial charge in [0.2, 0.25) is 0 Å². The largest absolute Gasteiger partial charge is 0.501 e. The molecule has 1 saturated heterocycles. The monoisotopic (exact) mass is 154 g/mol. The molecule has 1 fully saturated rings. The molecule has 2 rings (SSSR count). The van der Waals surface area contributed by atoms with Crippen LogP contribution >= 0.6 is 0 Å². The third-order valence-electron chi connectivity index (χ3n) is 2.30. The smallest absolute Gasteiger partial charge is 0.0952 e. The number of hydrogen-bond donors (Lipinski definition) is 2. The summed E-state index contributed by atoms with van der Waals surface area (Å²) in [6.07, 6.45) is 3.95. The van der Waals surface area contributed by atoms with Crippen LogP contribution in [0.2, 0.25) is 0 Å². The number of piperazine rings is 1. The molecule has 0 radical (unpaired) electrons. The van der Waals surface area contributed by atoms with E-state index in [0.717, 1.165) is 26.2 Å². The van der Waals surface area contributed by atoms with Crippen molar-refractivity contribution in [3.05, 3.63) is 12.3 Å². The second-order valence-electron chi connectivity index (χ2n) is 3.09. The van der Waals surface area contributed by atoms with Crippen molar-refractivity contribution in [2.24, 2.45) is 5.92 Å². The average molecular weight is 154 g/mol. The molecule has 2 N–H and O–H groups in total. The van der Waals surface area contributed by atoms with Crippen molar-refractivity contribution in [1.82, 2.24) is 10.6 Å². The van der Waals surface area contributed by atoms with Crippen LogP contribution in [0.5, 0.6) is 0 Å². The number of rotatable bonds is 1. The standard InChI is InChI=1S/C8H14N2O/c1-4-11-6-7(1)8-5-9-2-3-10-8/h1,4,7-10H,2-3,5-6H2. The van der Waals surface area contributed by atoms with Crippen molar-refractivity contribution >= 4 is 0 Å². The molecule has 2 unspecified atom stereocenters. The van der Waals surface area contributed by atoms with E-state index < -0.39 is 0 Å². The predicted molar refractivity (Wildman–Crippen MR) is 43.2 cm³/mol. The molecule has 2 aliphatic rings. The van der Waals surface area contributed by atoms with Crippen molar-refractivity contribution in [2.45, 2.75) is 6.04 Å². The SMILES string of the molecule is C1=CC(C2CNCCN2)CO1. The lowest BCUT2D eigenvalue weighted by Crippen LogP contribution is -2.51. The van der Waals surface area contributed by atoms with Gasteiger partial charge in [0.15, 0.2) is 0 Å². The van der Waals surface area contributed by atoms with Gasteiger partial charge in [-0.1, -0.05) is 0 Å². The van der Waals surface area contributed by atoms with E-state index >= 15 is 0 Å². The van der Waals surface area contributed by atoms with Gasteiger partial charge in [0.1, 0.15) is 0 Å². The Balaban J connectivity index is 1.87. The minimum atomic E-state index is 0.572. The zero-order chi connectivity index (χ0) is 7.52. The fraction of sp³-hybridized carbons (Fsp3) is 0.750. The third-order valence-corrected chi connectivity index (χ3v) is 2.30. The highest BCUT2D eigenvalue weighted by Crippen LogP contribution is 2.13. The molecule has 3 nitrogen and oxygen atoms in total. The average Bonchev–Trinajstić information content (AvgIpc) is 2.58. The Hall–Kier alpha value is -0.540. The van der Waals surface area contributed by atoms with Gasteiger partial charge in [-0.15, -0.1) is 0 Å². The van der Waals surface area contributed by atoms with E-state index in [1.807, 2.05) is 0 Å². The van der Waals surface area contributed by atoms with Gasteiger partial charge in [0.25, 0.3) is 0 Å². The lowest BCUT2D eigenvalue weighted by molar-refractivity contribution is 0.216. The van der Waals surface area contributed by atoms with Crippen LogP contribution in [-0.4, -0.2) is 32.3 Å². The maximum Gasteiger partial charge on any atom is 0.0952 e. The number of nitrogens with one attached hydrogen (secondary N) is 2. The molecular formula is C8H14N2O. The topological polar surface area (TPSA) is 33.3 Å². The zero-order valence-corrected chi connectivity index (χ0v) is 6.55. The van der Waals surface area contributed by atoms with Crippen molar-refractivity contribution in [3.8, 4) is 0 Å². The highest BCUT2D eigenvalue weighted by Gasteiger charge is 2.23. The highest BCUT2D eigenvalue weighted by atomic mass is 16.5. The molecule has 0 saturated carbocycles. The van der Waals surface area contributed by atoms with Gasteiger partial charge in [0.05, 0.1) is 12.9 Å². The molecule has 2 aliphatic heterocycles. The molecule has 0 aromatic heterocycles. The van der Waals surface area contributed by atoms with Crippen LogP contribution in [0.3, 0.4) is 0 Å². The van der Waals surface area contributed by atoms with Crippen LogP contribution in [-0.2, 0) is 4.74 Å². The van der Waals surface area contributed by atoms with Crippen LogP contribution in [0.15, 0.2) is 12.3 Å². The number of hydrogen-bond acceptors (Lipinski definition) is 3. The van der Waals surface area contributed by atoms with Gasteiger partial charge < -0.3 is 15.4 Å². The van der Waals surface area contributed by atoms with Gasteiger partial charge in [-0.05, 0) is 6.08 Å². The number of ether oxygens (including phenoxy) is 1. The summed E-state index contributed by atoms with van der Waals surface area (Å²) in [5.41, 5.74) is 0. The second-order valence-corrected chi connectivity index (χ2v) is 3.09. The van der Waals surface area contributed by atoms with Gasteiger partial charge in [-0.3, -0.25) is 0 Å². The van der Waals surface area contributed by atoms with E-state index in [1.165, 1.54) is 0 Å². The molecule has 3 heteroatoms. The Morgan fingerprint density at radius 1 is 1.36 bits per heavy atom. The summed E-state index contributed by atoms with van der Waals surface area (Å²) in [5, 5.41) is 6.83. The zero-order valence-electron chi connectivity index (χ0n) is 6.55. The lowest BCUT2D eigenvalue weighted by atomic mass is 10.0. The van der Waals surface area contributed by atoms with Crippen molar-refractivity contribution in [3.63, 3.8) is 0 Å². The highest BCUT2D eigenvalue weighted by molar-refractivity contribution is 4.97. The molecule has 62 valence electrons. The first-order chi connectivity index (χ1) is 5.47. The minimum absolute atomic E-state index is 0.572. The summed E-state index contributed by atoms with van der Waals surface area (Å²) in [6, 6.07) is 0.572. The fourth-order valence-electron chi connectivity index (χ4n) is 1.61. The first kappa shape index (κ1) is 7.13. The summed E-state index contributed by atoms with van der Waals surface area (Å²) in [6.45, 7) is 4.08. The molecule has 2 heterocycles. The Labute approximate surface area is 66.8 Å². The van der Waals surface area contributed by atoms with Gasteiger partial charge >= 0.3 is 0 Å². The third kappa shape index (κ3) is 1.54. The summed E-state index contributed by atoms with van der Waals surface area (Å²) < 4.78 is 5.16. The van der Waals surface area contributed by atoms with E-state index in [-0.39, 0.29) is 0 Å². The predicted octanol–water partition coefficient (Wildman–Crippen LogP) is -0.292. The van der Waals surface area contributed by atoms with Crippen LogP contribution in [0.4, 0.5) is 0 Å². The molecule has 2 atom stereocenters. The first-order valence-electron chi connectivity index (χ1n) is 4.19. The van der Waals surface area contributed by atoms with Crippen molar-refractivity contribution in [2.75, 3.05) is 26.2 Å². The van der Waals surface area contributed by atoms with Crippen LogP contribution in [0.25, 0.3) is 0 Å². The molecule has 0 aromatic rings. The summed E-state index contributed by atoms with van der Waals surface area (Å²) >= 11 is 0. The van der Waals surface area contributed by atoms with Gasteiger partial charge in [-0.2, -0.15) is 0 Å². The molecule has 0 aromatic carbocycles. The minimum Gasteiger partial charge on any atom is -0.501 e. The Morgan fingerprint density at radius 2 is 2.36 bits per heavy atom. The quantitative estimate of drug-likeness (QED) is 0.544. The molecule has 0 amide bonds. The van der Waals surface area contributed by atoms with Gasteiger partial charge in [0, 0.05) is 31.6 Å². The lowest BCUT2D eigenvalue weighted by Gasteiger charge is -2.27. The van der Waals surface area contributed by atoms with E-state index in [4.69, 9.17) is 4.74 Å². The Bertz CT molecular complexity index is 152. The molecule has 0 bridgehead atoms. The summed E-state index contributed by atoms with van der Waals surface area (Å²) in [4.78, 5) is 0. The normalized spacial score (nSPS) is 37.1. The molecule has 0 spiro atoms. The van der Waals surface area contributed by atoms with Crippen LogP contribution in [0.1, 0.15) is 0 Å². The first-order valence-corrected chi connectivity index (χ1v) is 4.19. The maximum absolute atomic E-state index is 5.16. The molecule has 11 heavy (non-hydrogen) atoms. The van der Waals surface area contributed by atoms with Crippen molar-refractivity contribution < 1.29 is 4.74 Å². The second kappa shape index (κ2) is 3.24. The van der Waals surface area contributed by atoms with E-state index in [1.54, 1.807) is 6.26 Å². The summed E-state index contributed by atoms with van der Waals surface area (Å²) in [7, 11) is 0. The van der Waals surface area contributed by atoms with E-state index in [9.17, 15) is 0 Å². The Morgan fingerprint density at radius 3 is 3.00 bits per heavy atom. The van der Waals surface area contributed by atoms with Crippen LogP contribution in [0, 0.1) is 5.92 Å². The fourth-order valence-corrected chi connectivity index (χ4v) is 1.61. The maximum atomic E-state index is 5.16. The van der Waals surface area contributed by atoms with E-state index in [2.05, 4.69) is 16.7 Å². The van der Waals surface area contributed by atoms with E-state index in [0.29, 0.717) is 12.0 Å². The van der Waals surface area contributed by atoms with Crippen LogP contribution < -0.4 is 10.6 Å². The molecular weight excluding hydrogens is 140 g/mol. The van der Waals surface area contributed by atoms with Gasteiger partial charge in [-0.25, -0.2) is 0 Å².